The molecule has 1 N–H and O–H groups in total. The van der Waals surface area contributed by atoms with Gasteiger partial charge in [0.05, 0.1) is 5.02 Å². The maximum atomic E-state index is 11.4. The van der Waals surface area contributed by atoms with Crippen molar-refractivity contribution < 1.29 is 9.90 Å². The minimum Gasteiger partial charge on any atom is -0.477 e. The van der Waals surface area contributed by atoms with E-state index < -0.39 is 5.97 Å². The summed E-state index contributed by atoms with van der Waals surface area (Å²) in [4.78, 5) is 22.0. The van der Waals surface area contributed by atoms with Crippen molar-refractivity contribution in [2.45, 2.75) is 12.8 Å². The number of aromatic carboxylic acids is 1. The van der Waals surface area contributed by atoms with Gasteiger partial charge in [-0.05, 0) is 25.0 Å². The predicted molar refractivity (Wildman–Crippen MR) is 80.9 cm³/mol. The highest BCUT2D eigenvalue weighted by atomic mass is 35.5. The van der Waals surface area contributed by atoms with Gasteiger partial charge in [0, 0.05) is 24.8 Å². The van der Waals surface area contributed by atoms with Crippen molar-refractivity contribution in [3.63, 3.8) is 0 Å². The number of carboxylic acid groups (broad SMARTS) is 1. The first-order valence-electron chi connectivity index (χ1n) is 6.77. The van der Waals surface area contributed by atoms with Crippen LogP contribution in [0, 0.1) is 0 Å². The number of carbonyl (C=O) groups is 1. The fourth-order valence-corrected chi connectivity index (χ4v) is 2.69. The summed E-state index contributed by atoms with van der Waals surface area (Å²) < 4.78 is 0. The van der Waals surface area contributed by atoms with E-state index >= 15 is 0 Å². The Labute approximate surface area is 127 Å². The van der Waals surface area contributed by atoms with Crippen molar-refractivity contribution in [1.82, 2.24) is 9.97 Å². The Kier molecular flexibility index (Phi) is 3.75. The Bertz CT molecular complexity index is 684. The van der Waals surface area contributed by atoms with Crippen LogP contribution in [-0.4, -0.2) is 34.1 Å². The predicted octanol–water partition coefficient (Wildman–Crippen LogP) is 3.10. The Balaban J connectivity index is 2.10. The molecule has 108 valence electrons. The SMILES string of the molecule is O=C(O)c1cnc(-c2ccccc2Cl)nc1N1CCCC1. The minimum absolute atomic E-state index is 0.132. The molecule has 2 aromatic rings. The Morgan fingerprint density at radius 3 is 2.62 bits per heavy atom. The maximum Gasteiger partial charge on any atom is 0.341 e. The quantitative estimate of drug-likeness (QED) is 0.944. The summed E-state index contributed by atoms with van der Waals surface area (Å²) in [6, 6.07) is 7.27. The van der Waals surface area contributed by atoms with Crippen LogP contribution in [0.3, 0.4) is 0 Å². The Morgan fingerprint density at radius 1 is 1.24 bits per heavy atom. The molecule has 0 saturated carbocycles. The molecule has 2 heterocycles. The molecule has 3 rings (SSSR count). The lowest BCUT2D eigenvalue weighted by Crippen LogP contribution is -2.22. The number of hydrogen-bond acceptors (Lipinski definition) is 4. The van der Waals surface area contributed by atoms with Gasteiger partial charge in [-0.1, -0.05) is 23.7 Å². The molecule has 1 fully saturated rings. The van der Waals surface area contributed by atoms with Gasteiger partial charge in [-0.15, -0.1) is 0 Å². The lowest BCUT2D eigenvalue weighted by molar-refractivity contribution is 0.0696. The van der Waals surface area contributed by atoms with Gasteiger partial charge in [0.2, 0.25) is 0 Å². The van der Waals surface area contributed by atoms with Gasteiger partial charge in [0.1, 0.15) is 11.4 Å². The van der Waals surface area contributed by atoms with Crippen molar-refractivity contribution >= 4 is 23.4 Å². The molecular weight excluding hydrogens is 290 g/mol. The van der Waals surface area contributed by atoms with Gasteiger partial charge in [-0.3, -0.25) is 0 Å². The van der Waals surface area contributed by atoms with Crippen molar-refractivity contribution in [1.29, 1.82) is 0 Å². The average molecular weight is 304 g/mol. The van der Waals surface area contributed by atoms with E-state index in [1.54, 1.807) is 6.07 Å². The summed E-state index contributed by atoms with van der Waals surface area (Å²) in [5.74, 6) is -0.0833. The third-order valence-electron chi connectivity index (χ3n) is 3.52. The van der Waals surface area contributed by atoms with E-state index in [1.807, 2.05) is 23.1 Å². The van der Waals surface area contributed by atoms with E-state index in [0.717, 1.165) is 25.9 Å². The summed E-state index contributed by atoms with van der Waals surface area (Å²) in [6.07, 6.45) is 3.45. The summed E-state index contributed by atoms with van der Waals surface area (Å²) in [7, 11) is 0. The first-order chi connectivity index (χ1) is 10.2. The summed E-state index contributed by atoms with van der Waals surface area (Å²) >= 11 is 6.16. The smallest absolute Gasteiger partial charge is 0.341 e. The highest BCUT2D eigenvalue weighted by Crippen LogP contribution is 2.28. The monoisotopic (exact) mass is 303 g/mol. The fourth-order valence-electron chi connectivity index (χ4n) is 2.47. The molecule has 1 aromatic carbocycles. The number of benzene rings is 1. The van der Waals surface area contributed by atoms with Crippen molar-refractivity contribution in [3.8, 4) is 11.4 Å². The summed E-state index contributed by atoms with van der Waals surface area (Å²) in [5.41, 5.74) is 0.837. The second-order valence-electron chi connectivity index (χ2n) is 4.91. The van der Waals surface area contributed by atoms with Crippen LogP contribution < -0.4 is 4.90 Å². The minimum atomic E-state index is -1.01. The average Bonchev–Trinajstić information content (AvgIpc) is 3.01. The van der Waals surface area contributed by atoms with Gasteiger partial charge in [0.15, 0.2) is 5.82 Å². The number of nitrogens with zero attached hydrogens (tertiary/aromatic N) is 3. The molecule has 0 unspecified atom stereocenters. The van der Waals surface area contributed by atoms with Crippen LogP contribution in [0.2, 0.25) is 5.02 Å². The number of hydrogen-bond donors (Lipinski definition) is 1. The molecule has 21 heavy (non-hydrogen) atoms. The summed E-state index contributed by atoms with van der Waals surface area (Å²) in [6.45, 7) is 1.64. The topological polar surface area (TPSA) is 66.3 Å². The molecular formula is C15H14ClN3O2. The second-order valence-corrected chi connectivity index (χ2v) is 5.32. The highest BCUT2D eigenvalue weighted by molar-refractivity contribution is 6.33. The molecule has 1 aliphatic heterocycles. The van der Waals surface area contributed by atoms with E-state index in [9.17, 15) is 9.90 Å². The third-order valence-corrected chi connectivity index (χ3v) is 3.85. The van der Waals surface area contributed by atoms with Crippen molar-refractivity contribution in [2.75, 3.05) is 18.0 Å². The molecule has 0 spiro atoms. The molecule has 6 heteroatoms. The second kappa shape index (κ2) is 5.69. The zero-order chi connectivity index (χ0) is 14.8. The van der Waals surface area contributed by atoms with Gasteiger partial charge < -0.3 is 10.0 Å². The van der Waals surface area contributed by atoms with Crippen LogP contribution in [0.15, 0.2) is 30.5 Å². The number of aromatic nitrogens is 2. The first-order valence-corrected chi connectivity index (χ1v) is 7.15. The number of carboxylic acids is 1. The van der Waals surface area contributed by atoms with Gasteiger partial charge in [-0.2, -0.15) is 0 Å². The van der Waals surface area contributed by atoms with Crippen LogP contribution in [0.4, 0.5) is 5.82 Å². The third kappa shape index (κ3) is 2.69. The summed E-state index contributed by atoms with van der Waals surface area (Å²) in [5, 5.41) is 9.86. The normalized spacial score (nSPS) is 14.4. The van der Waals surface area contributed by atoms with Crippen LogP contribution in [0.25, 0.3) is 11.4 Å². The molecule has 0 radical (unpaired) electrons. The van der Waals surface area contributed by atoms with E-state index in [2.05, 4.69) is 9.97 Å². The Morgan fingerprint density at radius 2 is 1.95 bits per heavy atom. The van der Waals surface area contributed by atoms with Gasteiger partial charge in [-0.25, -0.2) is 14.8 Å². The zero-order valence-electron chi connectivity index (χ0n) is 11.3. The molecule has 0 amide bonds. The van der Waals surface area contributed by atoms with E-state index in [0.29, 0.717) is 22.2 Å². The zero-order valence-corrected chi connectivity index (χ0v) is 12.0. The van der Waals surface area contributed by atoms with Crippen LogP contribution in [0.5, 0.6) is 0 Å². The molecule has 0 atom stereocenters. The van der Waals surface area contributed by atoms with E-state index in [-0.39, 0.29) is 5.56 Å². The largest absolute Gasteiger partial charge is 0.477 e. The standard InChI is InChI=1S/C15H14ClN3O2/c16-12-6-2-1-5-10(12)13-17-9-11(15(20)21)14(18-13)19-7-3-4-8-19/h1-2,5-6,9H,3-4,7-8H2,(H,20,21). The first kappa shape index (κ1) is 13.8. The van der Waals surface area contributed by atoms with Gasteiger partial charge in [0.25, 0.3) is 0 Å². The molecule has 1 aliphatic rings. The van der Waals surface area contributed by atoms with Crippen LogP contribution in [-0.2, 0) is 0 Å². The molecule has 0 bridgehead atoms. The molecule has 5 nitrogen and oxygen atoms in total. The fraction of sp³-hybridized carbons (Fsp3) is 0.267. The van der Waals surface area contributed by atoms with Crippen molar-refractivity contribution in [3.05, 3.63) is 41.0 Å². The van der Waals surface area contributed by atoms with Crippen LogP contribution in [0.1, 0.15) is 23.2 Å². The van der Waals surface area contributed by atoms with Gasteiger partial charge >= 0.3 is 5.97 Å². The lowest BCUT2D eigenvalue weighted by Gasteiger charge is -2.19. The lowest BCUT2D eigenvalue weighted by atomic mass is 10.2. The Hall–Kier alpha value is -2.14. The molecule has 1 saturated heterocycles. The number of halogens is 1. The maximum absolute atomic E-state index is 11.4. The number of rotatable bonds is 3. The van der Waals surface area contributed by atoms with E-state index in [4.69, 9.17) is 11.6 Å². The van der Waals surface area contributed by atoms with E-state index in [1.165, 1.54) is 6.20 Å². The highest BCUT2D eigenvalue weighted by Gasteiger charge is 2.22. The van der Waals surface area contributed by atoms with Crippen LogP contribution >= 0.6 is 11.6 Å². The molecule has 1 aromatic heterocycles. The molecule has 0 aliphatic carbocycles. The van der Waals surface area contributed by atoms with Crippen molar-refractivity contribution in [2.24, 2.45) is 0 Å². The number of anilines is 1.